The lowest BCUT2D eigenvalue weighted by Gasteiger charge is -2.23. The lowest BCUT2D eigenvalue weighted by Crippen LogP contribution is -2.41. The summed E-state index contributed by atoms with van der Waals surface area (Å²) in [6.07, 6.45) is 5.77. The van der Waals surface area contributed by atoms with Gasteiger partial charge >= 0.3 is 0 Å². The van der Waals surface area contributed by atoms with E-state index in [1.165, 1.54) is 48.3 Å². The SMILES string of the molecule is CN(C(=O)C1(C(=O)Nc2ccc(F)cc2)CC1)c1ccc(Oc2ccnc(-c3cnn(C)c3)c2)c(F)c1.Cl. The molecule has 11 heteroatoms. The van der Waals surface area contributed by atoms with Crippen LogP contribution in [0.3, 0.4) is 0 Å². The van der Waals surface area contributed by atoms with Gasteiger partial charge < -0.3 is 15.0 Å². The summed E-state index contributed by atoms with van der Waals surface area (Å²) in [7, 11) is 3.29. The van der Waals surface area contributed by atoms with Crippen molar-refractivity contribution in [3.05, 3.63) is 84.8 Å². The number of rotatable bonds is 7. The van der Waals surface area contributed by atoms with Crippen molar-refractivity contribution in [2.75, 3.05) is 17.3 Å². The zero-order valence-electron chi connectivity index (χ0n) is 20.5. The average molecular weight is 540 g/mol. The molecule has 0 aliphatic heterocycles. The van der Waals surface area contributed by atoms with Crippen LogP contribution in [0.4, 0.5) is 20.2 Å². The molecule has 38 heavy (non-hydrogen) atoms. The van der Waals surface area contributed by atoms with Crippen molar-refractivity contribution in [2.24, 2.45) is 12.5 Å². The van der Waals surface area contributed by atoms with Crippen molar-refractivity contribution < 1.29 is 23.1 Å². The van der Waals surface area contributed by atoms with Gasteiger partial charge in [0.25, 0.3) is 0 Å². The highest BCUT2D eigenvalue weighted by molar-refractivity contribution is 6.17. The molecule has 2 amide bonds. The van der Waals surface area contributed by atoms with Gasteiger partial charge in [-0.05, 0) is 55.3 Å². The molecule has 1 saturated carbocycles. The second-order valence-electron chi connectivity index (χ2n) is 8.90. The summed E-state index contributed by atoms with van der Waals surface area (Å²) in [5.41, 5.74) is 0.849. The first-order valence-electron chi connectivity index (χ1n) is 11.5. The van der Waals surface area contributed by atoms with E-state index in [9.17, 15) is 18.4 Å². The van der Waals surface area contributed by atoms with Crippen molar-refractivity contribution in [1.29, 1.82) is 0 Å². The Balaban J connectivity index is 0.00000336. The number of nitrogens with zero attached hydrogens (tertiary/aromatic N) is 4. The molecule has 0 bridgehead atoms. The van der Waals surface area contributed by atoms with E-state index in [1.54, 1.807) is 48.5 Å². The minimum Gasteiger partial charge on any atom is -0.454 e. The fourth-order valence-electron chi connectivity index (χ4n) is 3.98. The van der Waals surface area contributed by atoms with Gasteiger partial charge in [-0.25, -0.2) is 8.78 Å². The van der Waals surface area contributed by atoms with Crippen LogP contribution in [0.15, 0.2) is 73.2 Å². The van der Waals surface area contributed by atoms with E-state index in [0.29, 0.717) is 30.0 Å². The van der Waals surface area contributed by atoms with Gasteiger partial charge in [0.1, 0.15) is 17.0 Å². The molecule has 1 fully saturated rings. The number of anilines is 2. The number of pyridine rings is 1. The summed E-state index contributed by atoms with van der Waals surface area (Å²) < 4.78 is 35.5. The molecule has 8 nitrogen and oxygen atoms in total. The van der Waals surface area contributed by atoms with E-state index >= 15 is 0 Å². The number of ether oxygens (including phenoxy) is 1. The van der Waals surface area contributed by atoms with E-state index in [0.717, 1.165) is 5.56 Å². The molecule has 0 unspecified atom stereocenters. The lowest BCUT2D eigenvalue weighted by molar-refractivity contribution is -0.132. The maximum atomic E-state index is 15.0. The number of hydrogen-bond donors (Lipinski definition) is 1. The zero-order chi connectivity index (χ0) is 26.2. The van der Waals surface area contributed by atoms with E-state index in [1.807, 2.05) is 0 Å². The van der Waals surface area contributed by atoms with Gasteiger partial charge in [-0.3, -0.25) is 19.3 Å². The molecule has 1 aliphatic rings. The van der Waals surface area contributed by atoms with E-state index < -0.39 is 28.9 Å². The molecule has 0 saturated heterocycles. The number of carbonyl (C=O) groups is 2. The third-order valence-electron chi connectivity index (χ3n) is 6.26. The third-order valence-corrected chi connectivity index (χ3v) is 6.26. The summed E-state index contributed by atoms with van der Waals surface area (Å²) in [5, 5.41) is 6.79. The fourth-order valence-corrected chi connectivity index (χ4v) is 3.98. The van der Waals surface area contributed by atoms with Crippen LogP contribution in [0.25, 0.3) is 11.3 Å². The Morgan fingerprint density at radius 1 is 1.08 bits per heavy atom. The Hall–Kier alpha value is -4.31. The number of hydrogen-bond acceptors (Lipinski definition) is 5. The fraction of sp³-hybridized carbons (Fsp3) is 0.185. The summed E-state index contributed by atoms with van der Waals surface area (Å²) in [5.74, 6) is -1.66. The molecule has 0 spiro atoms. The molecular formula is C27H24ClF2N5O3. The second kappa shape index (κ2) is 10.6. The highest BCUT2D eigenvalue weighted by Crippen LogP contribution is 2.48. The normalized spacial score (nSPS) is 13.3. The van der Waals surface area contributed by atoms with Gasteiger partial charge in [0.05, 0.1) is 11.9 Å². The van der Waals surface area contributed by atoms with Crippen LogP contribution in [-0.2, 0) is 16.6 Å². The monoisotopic (exact) mass is 539 g/mol. The van der Waals surface area contributed by atoms with Crippen LogP contribution in [0.1, 0.15) is 12.8 Å². The minimum atomic E-state index is -1.24. The molecule has 0 radical (unpaired) electrons. The van der Waals surface area contributed by atoms with Crippen LogP contribution < -0.4 is 15.0 Å². The van der Waals surface area contributed by atoms with Crippen molar-refractivity contribution in [3.63, 3.8) is 0 Å². The molecule has 0 atom stereocenters. The van der Waals surface area contributed by atoms with Crippen molar-refractivity contribution >= 4 is 35.6 Å². The quantitative estimate of drug-likeness (QED) is 0.320. The van der Waals surface area contributed by atoms with E-state index in [-0.39, 0.29) is 23.8 Å². The maximum Gasteiger partial charge on any atom is 0.242 e. The second-order valence-corrected chi connectivity index (χ2v) is 8.90. The first-order chi connectivity index (χ1) is 17.7. The van der Waals surface area contributed by atoms with Gasteiger partial charge in [0.2, 0.25) is 11.8 Å². The smallest absolute Gasteiger partial charge is 0.242 e. The molecule has 1 aliphatic carbocycles. The van der Waals surface area contributed by atoms with Crippen LogP contribution in [0.5, 0.6) is 11.5 Å². The lowest BCUT2D eigenvalue weighted by atomic mass is 10.0. The number of amides is 2. The van der Waals surface area contributed by atoms with Crippen LogP contribution in [-0.4, -0.2) is 33.6 Å². The molecule has 4 aromatic rings. The number of halogens is 3. The highest BCUT2D eigenvalue weighted by atomic mass is 35.5. The number of aromatic nitrogens is 3. The molecule has 1 N–H and O–H groups in total. The van der Waals surface area contributed by atoms with Crippen molar-refractivity contribution in [3.8, 4) is 22.8 Å². The predicted molar refractivity (Wildman–Crippen MR) is 140 cm³/mol. The Morgan fingerprint density at radius 3 is 2.45 bits per heavy atom. The molecule has 196 valence electrons. The average Bonchev–Trinajstić information content (AvgIpc) is 3.60. The van der Waals surface area contributed by atoms with Crippen molar-refractivity contribution in [1.82, 2.24) is 14.8 Å². The summed E-state index contributed by atoms with van der Waals surface area (Å²) in [6, 6.07) is 12.7. The Morgan fingerprint density at radius 2 is 1.82 bits per heavy atom. The minimum absolute atomic E-state index is 0. The summed E-state index contributed by atoms with van der Waals surface area (Å²) >= 11 is 0. The van der Waals surface area contributed by atoms with Gasteiger partial charge in [-0.1, -0.05) is 0 Å². The molecule has 2 aromatic heterocycles. The van der Waals surface area contributed by atoms with Crippen LogP contribution in [0.2, 0.25) is 0 Å². The topological polar surface area (TPSA) is 89.3 Å². The number of aryl methyl sites for hydroxylation is 1. The van der Waals surface area contributed by atoms with Gasteiger partial charge in [0, 0.05) is 55.6 Å². The number of carbonyl (C=O) groups excluding carboxylic acids is 2. The third kappa shape index (κ3) is 5.35. The summed E-state index contributed by atoms with van der Waals surface area (Å²) in [6.45, 7) is 0. The van der Waals surface area contributed by atoms with Crippen LogP contribution >= 0.6 is 12.4 Å². The van der Waals surface area contributed by atoms with Gasteiger partial charge in [-0.2, -0.15) is 5.10 Å². The van der Waals surface area contributed by atoms with Crippen LogP contribution in [0, 0.1) is 17.0 Å². The standard InChI is InChI=1S/C27H23F2N5O3.ClH/c1-33-16-17(15-31-33)23-14-21(9-12-30-23)37-24-8-7-20(13-22(24)29)34(2)26(36)27(10-11-27)25(35)32-19-5-3-18(28)4-6-19;/h3-9,12-16H,10-11H2,1-2H3,(H,32,35);1H. The zero-order valence-corrected chi connectivity index (χ0v) is 21.3. The Labute approximate surface area is 223 Å². The molecule has 2 heterocycles. The summed E-state index contributed by atoms with van der Waals surface area (Å²) in [4.78, 5) is 31.6. The van der Waals surface area contributed by atoms with Gasteiger partial charge in [0.15, 0.2) is 11.6 Å². The first kappa shape index (κ1) is 26.7. The molecular weight excluding hydrogens is 516 g/mol. The highest BCUT2D eigenvalue weighted by Gasteiger charge is 2.57. The van der Waals surface area contributed by atoms with Gasteiger partial charge in [-0.15, -0.1) is 12.4 Å². The Kier molecular flexibility index (Phi) is 7.45. The van der Waals surface area contributed by atoms with E-state index in [2.05, 4.69) is 15.4 Å². The van der Waals surface area contributed by atoms with Crippen molar-refractivity contribution in [2.45, 2.75) is 12.8 Å². The maximum absolute atomic E-state index is 15.0. The largest absolute Gasteiger partial charge is 0.454 e. The Bertz CT molecular complexity index is 1490. The van der Waals surface area contributed by atoms with E-state index in [4.69, 9.17) is 4.74 Å². The molecule has 5 rings (SSSR count). The number of nitrogens with one attached hydrogen (secondary N) is 1. The molecule has 2 aromatic carbocycles. The first-order valence-corrected chi connectivity index (χ1v) is 11.5. The number of benzene rings is 2. The predicted octanol–water partition coefficient (Wildman–Crippen LogP) is 5.36.